The summed E-state index contributed by atoms with van der Waals surface area (Å²) in [5.74, 6) is 0.372. The van der Waals surface area contributed by atoms with Crippen LogP contribution in [0.2, 0.25) is 0 Å². The largest absolute Gasteiger partial charge is 0.495 e. The van der Waals surface area contributed by atoms with Gasteiger partial charge in [0.15, 0.2) is 0 Å². The molecule has 0 saturated carbocycles. The maximum atomic E-state index is 12.9. The molecule has 2 N–H and O–H groups in total. The van der Waals surface area contributed by atoms with Crippen molar-refractivity contribution in [2.24, 2.45) is 0 Å². The molecule has 7 heteroatoms. The first kappa shape index (κ1) is 18.1. The molecule has 1 atom stereocenters. The lowest BCUT2D eigenvalue weighted by molar-refractivity contribution is 0.0855. The molecule has 4 aromatic rings. The van der Waals surface area contributed by atoms with E-state index < -0.39 is 0 Å². The van der Waals surface area contributed by atoms with Crippen LogP contribution in [0.15, 0.2) is 42.5 Å². The van der Waals surface area contributed by atoms with Crippen LogP contribution < -0.4 is 10.1 Å². The van der Waals surface area contributed by atoms with Gasteiger partial charge in [0.25, 0.3) is 5.91 Å². The highest BCUT2D eigenvalue weighted by Crippen LogP contribution is 2.40. The van der Waals surface area contributed by atoms with Gasteiger partial charge < -0.3 is 14.8 Å². The zero-order valence-corrected chi connectivity index (χ0v) is 16.8. The van der Waals surface area contributed by atoms with Gasteiger partial charge in [-0.15, -0.1) is 11.3 Å². The molecule has 1 aliphatic heterocycles. The van der Waals surface area contributed by atoms with Crippen LogP contribution >= 0.6 is 11.3 Å². The highest BCUT2D eigenvalue weighted by Gasteiger charge is 2.23. The van der Waals surface area contributed by atoms with E-state index in [0.717, 1.165) is 40.9 Å². The number of hydrogen-bond donors (Lipinski definition) is 2. The number of benzene rings is 2. The number of thiophene rings is 1. The second-order valence-corrected chi connectivity index (χ2v) is 8.22. The quantitative estimate of drug-likeness (QED) is 0.515. The topological polar surface area (TPSA) is 76.2 Å². The molecule has 0 radical (unpaired) electrons. The highest BCUT2D eigenvalue weighted by molar-refractivity contribution is 7.22. The van der Waals surface area contributed by atoms with Crippen molar-refractivity contribution in [2.75, 3.05) is 20.3 Å². The number of ether oxygens (including phenoxy) is 2. The van der Waals surface area contributed by atoms with Crippen LogP contribution in [0.25, 0.3) is 31.6 Å². The Kier molecular flexibility index (Phi) is 4.69. The van der Waals surface area contributed by atoms with Gasteiger partial charge in [-0.3, -0.25) is 9.89 Å². The summed E-state index contributed by atoms with van der Waals surface area (Å²) in [4.78, 5) is 13.9. The number of carbonyl (C=O) groups is 1. The Morgan fingerprint density at radius 2 is 2.24 bits per heavy atom. The monoisotopic (exact) mass is 407 g/mol. The van der Waals surface area contributed by atoms with Gasteiger partial charge in [-0.2, -0.15) is 5.10 Å². The molecular formula is C22H21N3O3S. The Bertz CT molecular complexity index is 1160. The van der Waals surface area contributed by atoms with Crippen LogP contribution in [-0.2, 0) is 4.74 Å². The summed E-state index contributed by atoms with van der Waals surface area (Å²) in [5, 5.41) is 12.6. The number of H-pyrrole nitrogens is 1. The normalized spacial score (nSPS) is 16.5. The third-order valence-corrected chi connectivity index (χ3v) is 6.43. The van der Waals surface area contributed by atoms with Crippen molar-refractivity contribution in [1.29, 1.82) is 0 Å². The lowest BCUT2D eigenvalue weighted by Crippen LogP contribution is -2.32. The van der Waals surface area contributed by atoms with E-state index in [9.17, 15) is 4.79 Å². The van der Waals surface area contributed by atoms with Crippen molar-refractivity contribution in [3.63, 3.8) is 0 Å². The Hall–Kier alpha value is -2.90. The standard InChI is InChI=1S/C22H21N3O3S/c1-27-21-15(22(26)23-12-14-6-4-10-28-14)8-9-16-19(21)20(25-24-16)18-11-13-5-2-3-7-17(13)29-18/h2-3,5,7-9,11,14H,4,6,10,12H2,1H3,(H,23,26)(H,24,25). The zero-order chi connectivity index (χ0) is 19.8. The second-order valence-electron chi connectivity index (χ2n) is 7.13. The minimum atomic E-state index is -0.164. The Morgan fingerprint density at radius 3 is 3.03 bits per heavy atom. The molecule has 1 aliphatic rings. The predicted molar refractivity (Wildman–Crippen MR) is 115 cm³/mol. The zero-order valence-electron chi connectivity index (χ0n) is 16.0. The van der Waals surface area contributed by atoms with Crippen LogP contribution in [0.1, 0.15) is 23.2 Å². The first-order valence-electron chi connectivity index (χ1n) is 9.68. The minimum absolute atomic E-state index is 0.0942. The first-order chi connectivity index (χ1) is 14.2. The number of nitrogens with zero attached hydrogens (tertiary/aromatic N) is 1. The Labute approximate surface area is 171 Å². The molecule has 0 aliphatic carbocycles. The van der Waals surface area contributed by atoms with E-state index in [-0.39, 0.29) is 12.0 Å². The molecular weight excluding hydrogens is 386 g/mol. The van der Waals surface area contributed by atoms with E-state index in [4.69, 9.17) is 9.47 Å². The van der Waals surface area contributed by atoms with Gasteiger partial charge in [-0.25, -0.2) is 0 Å². The van der Waals surface area contributed by atoms with E-state index >= 15 is 0 Å². The van der Waals surface area contributed by atoms with E-state index in [1.54, 1.807) is 24.5 Å². The van der Waals surface area contributed by atoms with Gasteiger partial charge in [0, 0.05) is 17.9 Å². The number of nitrogens with one attached hydrogen (secondary N) is 2. The molecule has 0 spiro atoms. The number of hydrogen-bond acceptors (Lipinski definition) is 5. The van der Waals surface area contributed by atoms with Crippen molar-refractivity contribution in [3.8, 4) is 16.3 Å². The Balaban J connectivity index is 1.54. The van der Waals surface area contributed by atoms with Gasteiger partial charge >= 0.3 is 0 Å². The van der Waals surface area contributed by atoms with Crippen molar-refractivity contribution in [3.05, 3.63) is 48.0 Å². The van der Waals surface area contributed by atoms with Gasteiger partial charge in [0.2, 0.25) is 0 Å². The second kappa shape index (κ2) is 7.50. The van der Waals surface area contributed by atoms with Gasteiger partial charge in [-0.1, -0.05) is 18.2 Å². The molecule has 148 valence electrons. The third kappa shape index (κ3) is 3.26. The molecule has 2 aromatic heterocycles. The fraction of sp³-hybridized carbons (Fsp3) is 0.273. The minimum Gasteiger partial charge on any atom is -0.495 e. The van der Waals surface area contributed by atoms with E-state index in [1.165, 1.54) is 10.1 Å². The number of aromatic nitrogens is 2. The van der Waals surface area contributed by atoms with Crippen molar-refractivity contribution in [1.82, 2.24) is 15.5 Å². The highest BCUT2D eigenvalue weighted by atomic mass is 32.1. The number of fused-ring (bicyclic) bond motifs is 2. The van der Waals surface area contributed by atoms with E-state index in [0.29, 0.717) is 17.9 Å². The van der Waals surface area contributed by atoms with Crippen molar-refractivity contribution < 1.29 is 14.3 Å². The number of carbonyl (C=O) groups excluding carboxylic acids is 1. The maximum Gasteiger partial charge on any atom is 0.255 e. The van der Waals surface area contributed by atoms with Crippen LogP contribution in [-0.4, -0.2) is 42.5 Å². The molecule has 1 amide bonds. The molecule has 29 heavy (non-hydrogen) atoms. The Morgan fingerprint density at radius 1 is 1.34 bits per heavy atom. The molecule has 6 nitrogen and oxygen atoms in total. The lowest BCUT2D eigenvalue weighted by atomic mass is 10.1. The van der Waals surface area contributed by atoms with Crippen LogP contribution in [0, 0.1) is 0 Å². The number of rotatable bonds is 5. The molecule has 2 aromatic carbocycles. The smallest absolute Gasteiger partial charge is 0.255 e. The number of aromatic amines is 1. The molecule has 5 rings (SSSR count). The maximum absolute atomic E-state index is 12.9. The summed E-state index contributed by atoms with van der Waals surface area (Å²) in [6.07, 6.45) is 2.12. The summed E-state index contributed by atoms with van der Waals surface area (Å²) in [6.45, 7) is 1.28. The predicted octanol–water partition coefficient (Wildman–Crippen LogP) is 4.36. The van der Waals surface area contributed by atoms with E-state index in [1.807, 2.05) is 18.2 Å². The molecule has 3 heterocycles. The fourth-order valence-corrected chi connectivity index (χ4v) is 4.92. The third-order valence-electron chi connectivity index (χ3n) is 5.30. The molecule has 0 bridgehead atoms. The van der Waals surface area contributed by atoms with Crippen molar-refractivity contribution in [2.45, 2.75) is 18.9 Å². The average molecular weight is 407 g/mol. The van der Waals surface area contributed by atoms with Gasteiger partial charge in [0.05, 0.1) is 34.6 Å². The molecule has 1 saturated heterocycles. The number of amides is 1. The molecule has 1 unspecified atom stereocenters. The first-order valence-corrected chi connectivity index (χ1v) is 10.5. The fourth-order valence-electron chi connectivity index (χ4n) is 3.86. The summed E-state index contributed by atoms with van der Waals surface area (Å²) in [7, 11) is 1.59. The van der Waals surface area contributed by atoms with Crippen LogP contribution in [0.5, 0.6) is 5.75 Å². The number of methoxy groups -OCH3 is 1. The van der Waals surface area contributed by atoms with Crippen molar-refractivity contribution >= 4 is 38.2 Å². The summed E-state index contributed by atoms with van der Waals surface area (Å²) >= 11 is 1.68. The van der Waals surface area contributed by atoms with Gasteiger partial charge in [-0.05, 0) is 42.5 Å². The summed E-state index contributed by atoms with van der Waals surface area (Å²) < 4.78 is 12.5. The molecule has 1 fully saturated rings. The summed E-state index contributed by atoms with van der Waals surface area (Å²) in [5.41, 5.74) is 2.14. The van der Waals surface area contributed by atoms with E-state index in [2.05, 4.69) is 33.7 Å². The lowest BCUT2D eigenvalue weighted by Gasteiger charge is -2.13. The summed E-state index contributed by atoms with van der Waals surface area (Å²) in [6, 6.07) is 14.0. The SMILES string of the molecule is COc1c(C(=O)NCC2CCCO2)ccc2[nH]nc(-c3cc4ccccc4s3)c12. The average Bonchev–Trinajstić information content (AvgIpc) is 3.49. The van der Waals surface area contributed by atoms with Gasteiger partial charge in [0.1, 0.15) is 11.4 Å². The van der Waals surface area contributed by atoms with Crippen LogP contribution in [0.3, 0.4) is 0 Å². The van der Waals surface area contributed by atoms with Crippen LogP contribution in [0.4, 0.5) is 0 Å².